The molecular weight excluding hydrogens is 264 g/mol. The number of amides is 1. The van der Waals surface area contributed by atoms with Gasteiger partial charge < -0.3 is 15.5 Å². The first kappa shape index (κ1) is 19.5. The van der Waals surface area contributed by atoms with Crippen LogP contribution in [-0.4, -0.2) is 50.0 Å². The fraction of sp³-hybridized carbons (Fsp3) is 0.750. The number of rotatable bonds is 8. The largest absolute Gasteiger partial charge is 0.354 e. The lowest BCUT2D eigenvalue weighted by Crippen LogP contribution is -2.43. The molecule has 5 nitrogen and oxygen atoms in total. The fourth-order valence-corrected chi connectivity index (χ4v) is 1.56. The van der Waals surface area contributed by atoms with E-state index < -0.39 is 0 Å². The number of hydrogen-bond donors (Lipinski definition) is 2. The molecule has 0 aromatic heterocycles. The van der Waals surface area contributed by atoms with Crippen LogP contribution in [0.15, 0.2) is 17.1 Å². The number of carbonyl (C=O) groups is 1. The minimum Gasteiger partial charge on any atom is -0.354 e. The molecule has 1 amide bonds. The van der Waals surface area contributed by atoms with Crippen molar-refractivity contribution in [2.75, 3.05) is 27.2 Å². The van der Waals surface area contributed by atoms with Gasteiger partial charge in [-0.1, -0.05) is 26.0 Å². The molecule has 0 aliphatic rings. The fourth-order valence-electron chi connectivity index (χ4n) is 1.56. The van der Waals surface area contributed by atoms with Crippen molar-refractivity contribution >= 4 is 11.9 Å². The molecule has 0 aliphatic carbocycles. The molecule has 1 unspecified atom stereocenters. The van der Waals surface area contributed by atoms with E-state index in [-0.39, 0.29) is 12.5 Å². The highest BCUT2D eigenvalue weighted by atomic mass is 16.2. The van der Waals surface area contributed by atoms with E-state index in [1.165, 1.54) is 6.42 Å². The van der Waals surface area contributed by atoms with Crippen molar-refractivity contribution in [3.05, 3.63) is 12.2 Å². The Morgan fingerprint density at radius 1 is 1.24 bits per heavy atom. The van der Waals surface area contributed by atoms with Crippen molar-refractivity contribution in [1.29, 1.82) is 0 Å². The highest BCUT2D eigenvalue weighted by molar-refractivity contribution is 5.85. The molecular formula is C16H32N4O. The van der Waals surface area contributed by atoms with Crippen LogP contribution in [-0.2, 0) is 4.79 Å². The molecule has 122 valence electrons. The Morgan fingerprint density at radius 2 is 1.86 bits per heavy atom. The zero-order valence-corrected chi connectivity index (χ0v) is 14.5. The van der Waals surface area contributed by atoms with Crippen LogP contribution >= 0.6 is 0 Å². The number of nitrogens with zero attached hydrogens (tertiary/aromatic N) is 2. The van der Waals surface area contributed by atoms with Crippen LogP contribution in [0, 0.1) is 5.92 Å². The monoisotopic (exact) mass is 296 g/mol. The van der Waals surface area contributed by atoms with Gasteiger partial charge in [0.1, 0.15) is 6.54 Å². The lowest BCUT2D eigenvalue weighted by Gasteiger charge is -2.19. The second kappa shape index (κ2) is 10.2. The van der Waals surface area contributed by atoms with Gasteiger partial charge in [0.15, 0.2) is 5.96 Å². The molecule has 0 aromatic rings. The van der Waals surface area contributed by atoms with E-state index in [0.717, 1.165) is 12.0 Å². The van der Waals surface area contributed by atoms with Gasteiger partial charge in [0.25, 0.3) is 0 Å². The predicted octanol–water partition coefficient (Wildman–Crippen LogP) is 2.01. The summed E-state index contributed by atoms with van der Waals surface area (Å²) in [5.74, 6) is 1.35. The Balaban J connectivity index is 4.53. The average Bonchev–Trinajstić information content (AvgIpc) is 2.38. The summed E-state index contributed by atoms with van der Waals surface area (Å²) in [4.78, 5) is 17.5. The summed E-state index contributed by atoms with van der Waals surface area (Å²) in [5, 5.41) is 6.55. The van der Waals surface area contributed by atoms with Gasteiger partial charge in [0.2, 0.25) is 5.91 Å². The van der Waals surface area contributed by atoms with Crippen LogP contribution in [0.25, 0.3) is 0 Å². The Labute approximate surface area is 129 Å². The third-order valence-electron chi connectivity index (χ3n) is 2.99. The first-order chi connectivity index (χ1) is 9.72. The molecule has 0 aromatic carbocycles. The molecule has 0 saturated heterocycles. The Hall–Kier alpha value is -1.52. The molecule has 0 spiro atoms. The van der Waals surface area contributed by atoms with E-state index in [1.54, 1.807) is 19.0 Å². The van der Waals surface area contributed by atoms with E-state index in [0.29, 0.717) is 24.5 Å². The van der Waals surface area contributed by atoms with Crippen LogP contribution in [0.3, 0.4) is 0 Å². The smallest absolute Gasteiger partial charge is 0.243 e. The first-order valence-electron chi connectivity index (χ1n) is 7.61. The van der Waals surface area contributed by atoms with E-state index in [4.69, 9.17) is 0 Å². The van der Waals surface area contributed by atoms with Gasteiger partial charge in [0.05, 0.1) is 0 Å². The van der Waals surface area contributed by atoms with Gasteiger partial charge in [-0.05, 0) is 32.6 Å². The van der Waals surface area contributed by atoms with E-state index in [9.17, 15) is 4.79 Å². The lowest BCUT2D eigenvalue weighted by molar-refractivity contribution is -0.127. The SMILES string of the molecule is C=C(C)CNC(=NCC(=O)N(C)C)NC(C)CCC(C)C. The van der Waals surface area contributed by atoms with E-state index in [1.807, 2.05) is 6.92 Å². The summed E-state index contributed by atoms with van der Waals surface area (Å²) in [6, 6.07) is 0.318. The molecule has 5 heteroatoms. The van der Waals surface area contributed by atoms with Crippen molar-refractivity contribution in [2.24, 2.45) is 10.9 Å². The Morgan fingerprint density at radius 3 is 2.33 bits per heavy atom. The highest BCUT2D eigenvalue weighted by Crippen LogP contribution is 2.06. The topological polar surface area (TPSA) is 56.7 Å². The molecule has 0 heterocycles. The van der Waals surface area contributed by atoms with Gasteiger partial charge in [-0.25, -0.2) is 4.99 Å². The zero-order valence-electron chi connectivity index (χ0n) is 14.5. The van der Waals surface area contributed by atoms with Gasteiger partial charge in [0, 0.05) is 26.7 Å². The van der Waals surface area contributed by atoms with Crippen molar-refractivity contribution in [3.63, 3.8) is 0 Å². The molecule has 1 atom stereocenters. The minimum absolute atomic E-state index is 0.0127. The molecule has 0 fully saturated rings. The van der Waals surface area contributed by atoms with Crippen LogP contribution < -0.4 is 10.6 Å². The number of nitrogens with one attached hydrogen (secondary N) is 2. The van der Waals surface area contributed by atoms with Crippen LogP contribution in [0.5, 0.6) is 0 Å². The highest BCUT2D eigenvalue weighted by Gasteiger charge is 2.08. The van der Waals surface area contributed by atoms with Crippen LogP contribution in [0.2, 0.25) is 0 Å². The maximum atomic E-state index is 11.6. The third kappa shape index (κ3) is 10.9. The van der Waals surface area contributed by atoms with Gasteiger partial charge in [-0.2, -0.15) is 0 Å². The summed E-state index contributed by atoms with van der Waals surface area (Å²) in [5.41, 5.74) is 1.03. The van der Waals surface area contributed by atoms with Gasteiger partial charge >= 0.3 is 0 Å². The summed E-state index contributed by atoms with van der Waals surface area (Å²) in [6.07, 6.45) is 2.24. The Bertz CT molecular complexity index is 361. The third-order valence-corrected chi connectivity index (χ3v) is 2.99. The van der Waals surface area contributed by atoms with Crippen molar-refractivity contribution in [3.8, 4) is 0 Å². The normalized spacial score (nSPS) is 13.0. The molecule has 0 aliphatic heterocycles. The molecule has 2 N–H and O–H groups in total. The summed E-state index contributed by atoms with van der Waals surface area (Å²) >= 11 is 0. The predicted molar refractivity (Wildman–Crippen MR) is 90.5 cm³/mol. The van der Waals surface area contributed by atoms with Crippen molar-refractivity contribution in [1.82, 2.24) is 15.5 Å². The summed E-state index contributed by atoms with van der Waals surface area (Å²) in [6.45, 7) is 13.2. The molecule has 0 saturated carbocycles. The maximum absolute atomic E-state index is 11.6. The number of carbonyl (C=O) groups excluding carboxylic acids is 1. The second-order valence-electron chi connectivity index (χ2n) is 6.28. The number of hydrogen-bond acceptors (Lipinski definition) is 2. The minimum atomic E-state index is -0.0127. The van der Waals surface area contributed by atoms with E-state index in [2.05, 4.69) is 43.0 Å². The van der Waals surface area contributed by atoms with Crippen LogP contribution in [0.4, 0.5) is 0 Å². The average molecular weight is 296 g/mol. The quantitative estimate of drug-likeness (QED) is 0.409. The number of guanidine groups is 1. The maximum Gasteiger partial charge on any atom is 0.243 e. The zero-order chi connectivity index (χ0) is 16.4. The van der Waals surface area contributed by atoms with Crippen molar-refractivity contribution in [2.45, 2.75) is 46.6 Å². The molecule has 0 radical (unpaired) electrons. The standard InChI is InChI=1S/C16H32N4O/c1-12(2)8-9-14(5)19-16(17-10-13(3)4)18-11-15(21)20(6)7/h12,14H,3,8-11H2,1-2,4-7H3,(H2,17,18,19). The molecule has 0 rings (SSSR count). The van der Waals surface area contributed by atoms with Gasteiger partial charge in [-0.15, -0.1) is 0 Å². The van der Waals surface area contributed by atoms with Crippen molar-refractivity contribution < 1.29 is 4.79 Å². The van der Waals surface area contributed by atoms with Crippen LogP contribution in [0.1, 0.15) is 40.5 Å². The second-order valence-corrected chi connectivity index (χ2v) is 6.28. The van der Waals surface area contributed by atoms with Gasteiger partial charge in [-0.3, -0.25) is 4.79 Å². The first-order valence-corrected chi connectivity index (χ1v) is 7.61. The van der Waals surface area contributed by atoms with E-state index >= 15 is 0 Å². The molecule has 0 bridgehead atoms. The number of likely N-dealkylation sites (N-methyl/N-ethyl adjacent to an activating group) is 1. The lowest BCUT2D eigenvalue weighted by atomic mass is 10.0. The number of aliphatic imine (C=N–C) groups is 1. The summed E-state index contributed by atoms with van der Waals surface area (Å²) in [7, 11) is 3.47. The Kier molecular flexibility index (Phi) is 9.50. The summed E-state index contributed by atoms with van der Waals surface area (Å²) < 4.78 is 0. The molecule has 21 heavy (non-hydrogen) atoms.